The lowest BCUT2D eigenvalue weighted by atomic mass is 10.2. The first-order valence-electron chi connectivity index (χ1n) is 10.2. The number of amides is 1. The maximum Gasteiger partial charge on any atom is 0.266 e. The quantitative estimate of drug-likeness (QED) is 0.196. The highest BCUT2D eigenvalue weighted by Gasteiger charge is 2.15. The maximum atomic E-state index is 13.3. The average molecular weight is 459 g/mol. The van der Waals surface area contributed by atoms with E-state index in [2.05, 4.69) is 15.5 Å². The first-order valence-corrected chi connectivity index (χ1v) is 11.2. The second kappa shape index (κ2) is 10.1. The van der Waals surface area contributed by atoms with Crippen LogP contribution >= 0.6 is 11.8 Å². The second-order valence-corrected chi connectivity index (χ2v) is 8.14. The molecule has 1 N–H and O–H groups in total. The number of fused-ring (bicyclic) bond motifs is 1. The van der Waals surface area contributed by atoms with Crippen LogP contribution in [0.2, 0.25) is 0 Å². The van der Waals surface area contributed by atoms with Crippen LogP contribution in [0.1, 0.15) is 11.1 Å². The first-order chi connectivity index (χ1) is 16.1. The van der Waals surface area contributed by atoms with Crippen molar-refractivity contribution < 1.29 is 9.53 Å². The molecule has 0 saturated heterocycles. The summed E-state index contributed by atoms with van der Waals surface area (Å²) in [5.74, 6) is 0.446. The Hall–Kier alpha value is -3.91. The lowest BCUT2D eigenvalue weighted by Gasteiger charge is -2.14. The molecule has 1 heterocycles. The molecule has 7 nitrogen and oxygen atoms in total. The zero-order valence-corrected chi connectivity index (χ0v) is 19.0. The minimum Gasteiger partial charge on any atom is -0.497 e. The van der Waals surface area contributed by atoms with Crippen LogP contribution in [-0.4, -0.2) is 34.5 Å². The Morgan fingerprint density at radius 2 is 1.91 bits per heavy atom. The number of aromatic nitrogens is 2. The van der Waals surface area contributed by atoms with E-state index >= 15 is 0 Å². The van der Waals surface area contributed by atoms with E-state index in [1.807, 2.05) is 67.6 Å². The number of benzene rings is 3. The fourth-order valence-corrected chi connectivity index (χ4v) is 4.10. The number of carbonyl (C=O) groups excluding carboxylic acids is 1. The largest absolute Gasteiger partial charge is 0.497 e. The minimum absolute atomic E-state index is 0.0477. The van der Waals surface area contributed by atoms with Gasteiger partial charge in [0.2, 0.25) is 0 Å². The summed E-state index contributed by atoms with van der Waals surface area (Å²) in [4.78, 5) is 30.4. The van der Waals surface area contributed by atoms with Crippen molar-refractivity contribution in [1.29, 1.82) is 0 Å². The van der Waals surface area contributed by atoms with E-state index in [0.29, 0.717) is 21.8 Å². The van der Waals surface area contributed by atoms with E-state index in [1.54, 1.807) is 30.0 Å². The highest BCUT2D eigenvalue weighted by Crippen LogP contribution is 2.23. The van der Waals surface area contributed by atoms with Gasteiger partial charge in [0.25, 0.3) is 11.5 Å². The second-order valence-electron chi connectivity index (χ2n) is 7.20. The summed E-state index contributed by atoms with van der Waals surface area (Å²) >= 11 is 1.19. The van der Waals surface area contributed by atoms with Gasteiger partial charge in [0.15, 0.2) is 5.16 Å². The summed E-state index contributed by atoms with van der Waals surface area (Å²) in [5, 5.41) is 4.98. The third-order valence-corrected chi connectivity index (χ3v) is 5.87. The lowest BCUT2D eigenvalue weighted by molar-refractivity contribution is -0.118. The van der Waals surface area contributed by atoms with Gasteiger partial charge in [-0.1, -0.05) is 54.2 Å². The molecule has 0 radical (unpaired) electrons. The predicted octanol–water partition coefficient (Wildman–Crippen LogP) is 3.95. The van der Waals surface area contributed by atoms with Gasteiger partial charge in [0.05, 0.1) is 35.7 Å². The molecule has 0 saturated carbocycles. The van der Waals surface area contributed by atoms with Crippen molar-refractivity contribution in [2.24, 2.45) is 5.10 Å². The number of hydrogen-bond acceptors (Lipinski definition) is 6. The van der Waals surface area contributed by atoms with Gasteiger partial charge < -0.3 is 4.74 Å². The number of nitrogens with zero attached hydrogens (tertiary/aromatic N) is 3. The van der Waals surface area contributed by atoms with E-state index in [4.69, 9.17) is 4.74 Å². The van der Waals surface area contributed by atoms with Crippen molar-refractivity contribution in [2.75, 3.05) is 12.9 Å². The van der Waals surface area contributed by atoms with Crippen LogP contribution in [0.4, 0.5) is 0 Å². The molecule has 1 amide bonds. The molecule has 166 valence electrons. The van der Waals surface area contributed by atoms with Crippen LogP contribution in [0.3, 0.4) is 0 Å². The molecule has 0 bridgehead atoms. The predicted molar refractivity (Wildman–Crippen MR) is 132 cm³/mol. The third-order valence-electron chi connectivity index (χ3n) is 4.93. The van der Waals surface area contributed by atoms with Gasteiger partial charge in [-0.3, -0.25) is 14.2 Å². The molecule has 0 aliphatic heterocycles. The van der Waals surface area contributed by atoms with Crippen LogP contribution in [-0.2, 0) is 4.79 Å². The van der Waals surface area contributed by atoms with Crippen LogP contribution in [0.5, 0.6) is 5.75 Å². The Labute approximate surface area is 195 Å². The maximum absolute atomic E-state index is 13.3. The highest BCUT2D eigenvalue weighted by atomic mass is 32.2. The summed E-state index contributed by atoms with van der Waals surface area (Å²) < 4.78 is 6.74. The van der Waals surface area contributed by atoms with Crippen LogP contribution < -0.4 is 15.7 Å². The number of ether oxygens (including phenoxy) is 1. The summed E-state index contributed by atoms with van der Waals surface area (Å²) in [5.41, 5.74) is 5.40. The molecular formula is C25H22N4O3S. The Bertz CT molecular complexity index is 1400. The van der Waals surface area contributed by atoms with E-state index < -0.39 is 0 Å². The molecule has 4 rings (SSSR count). The van der Waals surface area contributed by atoms with Crippen molar-refractivity contribution in [3.63, 3.8) is 0 Å². The molecule has 0 fully saturated rings. The molecule has 4 aromatic rings. The number of methoxy groups -OCH3 is 1. The monoisotopic (exact) mass is 458 g/mol. The minimum atomic E-state index is -0.308. The number of thioether (sulfide) groups is 1. The normalized spacial score (nSPS) is 11.1. The molecule has 3 aromatic carbocycles. The van der Waals surface area contributed by atoms with E-state index in [0.717, 1.165) is 16.8 Å². The summed E-state index contributed by atoms with van der Waals surface area (Å²) in [7, 11) is 1.59. The average Bonchev–Trinajstić information content (AvgIpc) is 2.84. The van der Waals surface area contributed by atoms with Gasteiger partial charge >= 0.3 is 0 Å². The molecule has 1 aromatic heterocycles. The van der Waals surface area contributed by atoms with Gasteiger partial charge in [-0.2, -0.15) is 5.10 Å². The molecule has 8 heteroatoms. The number of para-hydroxylation sites is 2. The number of hydrogen-bond donors (Lipinski definition) is 1. The molecule has 0 atom stereocenters. The van der Waals surface area contributed by atoms with Crippen molar-refractivity contribution in [2.45, 2.75) is 12.1 Å². The molecule has 0 spiro atoms. The molecule has 0 unspecified atom stereocenters. The number of hydrazone groups is 1. The van der Waals surface area contributed by atoms with Gasteiger partial charge in [-0.15, -0.1) is 0 Å². The number of aryl methyl sites for hydroxylation is 1. The van der Waals surface area contributed by atoms with Gasteiger partial charge in [0.1, 0.15) is 5.75 Å². The van der Waals surface area contributed by atoms with Gasteiger partial charge in [0, 0.05) is 0 Å². The molecule has 0 aliphatic carbocycles. The topological polar surface area (TPSA) is 85.6 Å². The van der Waals surface area contributed by atoms with Crippen LogP contribution in [0.15, 0.2) is 87.8 Å². The van der Waals surface area contributed by atoms with Crippen molar-refractivity contribution in [3.05, 3.63) is 94.3 Å². The Morgan fingerprint density at radius 1 is 1.12 bits per heavy atom. The Balaban J connectivity index is 1.56. The fourth-order valence-electron chi connectivity index (χ4n) is 3.30. The van der Waals surface area contributed by atoms with E-state index in [9.17, 15) is 9.59 Å². The highest BCUT2D eigenvalue weighted by molar-refractivity contribution is 7.99. The van der Waals surface area contributed by atoms with E-state index in [-0.39, 0.29) is 17.2 Å². The van der Waals surface area contributed by atoms with Crippen molar-refractivity contribution in [3.8, 4) is 11.4 Å². The number of carbonyl (C=O) groups is 1. The third kappa shape index (κ3) is 5.12. The lowest BCUT2D eigenvalue weighted by Crippen LogP contribution is -2.24. The summed E-state index contributed by atoms with van der Waals surface area (Å²) in [6, 6.07) is 22.1. The SMILES string of the molecule is COc1cccc(C=NNC(=O)CSc2nc3ccccc3c(=O)n2-c2ccccc2C)c1. The number of nitrogens with one attached hydrogen (secondary N) is 1. The van der Waals surface area contributed by atoms with Crippen LogP contribution in [0, 0.1) is 6.92 Å². The van der Waals surface area contributed by atoms with E-state index in [1.165, 1.54) is 11.8 Å². The standard InChI is InChI=1S/C25H22N4O3S/c1-17-8-3-6-13-22(17)29-24(31)20-11-4-5-12-21(20)27-25(29)33-16-23(30)28-26-15-18-9-7-10-19(14-18)32-2/h3-15H,16H2,1-2H3,(H,28,30). The van der Waals surface area contributed by atoms with Crippen LogP contribution in [0.25, 0.3) is 16.6 Å². The zero-order valence-electron chi connectivity index (χ0n) is 18.2. The van der Waals surface area contributed by atoms with Crippen molar-refractivity contribution in [1.82, 2.24) is 15.0 Å². The molecular weight excluding hydrogens is 436 g/mol. The Kier molecular flexibility index (Phi) is 6.85. The Morgan fingerprint density at radius 3 is 2.73 bits per heavy atom. The molecule has 0 aliphatic rings. The summed E-state index contributed by atoms with van der Waals surface area (Å²) in [6.07, 6.45) is 1.54. The van der Waals surface area contributed by atoms with Gasteiger partial charge in [-0.25, -0.2) is 10.4 Å². The molecule has 33 heavy (non-hydrogen) atoms. The fraction of sp³-hybridized carbons (Fsp3) is 0.120. The zero-order chi connectivity index (χ0) is 23.2. The van der Waals surface area contributed by atoms with Gasteiger partial charge in [-0.05, 0) is 48.4 Å². The number of rotatable bonds is 7. The van der Waals surface area contributed by atoms with Crippen molar-refractivity contribution >= 4 is 34.8 Å². The first kappa shape index (κ1) is 22.3. The smallest absolute Gasteiger partial charge is 0.266 e. The summed E-state index contributed by atoms with van der Waals surface area (Å²) in [6.45, 7) is 1.94.